The molecule has 3 atom stereocenters. The number of rotatable bonds is 9. The molecule has 0 saturated carbocycles. The highest BCUT2D eigenvalue weighted by molar-refractivity contribution is 9.10. The number of nitrogens with one attached hydrogen (secondary N) is 2. The van der Waals surface area contributed by atoms with Crippen molar-refractivity contribution in [3.05, 3.63) is 185 Å². The number of fused-ring (bicyclic) bond motifs is 3. The van der Waals surface area contributed by atoms with Gasteiger partial charge in [-0.15, -0.1) is 0 Å². The molecule has 10 aromatic rings. The van der Waals surface area contributed by atoms with E-state index < -0.39 is 5.97 Å². The summed E-state index contributed by atoms with van der Waals surface area (Å²) in [5.41, 5.74) is 14.9. The number of halogens is 2. The van der Waals surface area contributed by atoms with E-state index in [4.69, 9.17) is 10.8 Å². The van der Waals surface area contributed by atoms with Crippen molar-refractivity contribution >= 4 is 83.6 Å². The average molecular weight is 1240 g/mol. The molecule has 1 aromatic carbocycles. The monoisotopic (exact) mass is 1230 g/mol. The fourth-order valence-electron chi connectivity index (χ4n) is 10.00. The van der Waals surface area contributed by atoms with Crippen LogP contribution < -0.4 is 31.1 Å². The highest BCUT2D eigenvalue weighted by atomic mass is 79.9. The van der Waals surface area contributed by atoms with Crippen LogP contribution in [0.4, 0.5) is 17.5 Å². The molecular formula is C58H62Br2N18O4. The number of aryl methyl sites for hydroxylation is 3. The maximum Gasteiger partial charge on any atom is 0.373 e. The van der Waals surface area contributed by atoms with E-state index in [1.165, 1.54) is 34.6 Å². The van der Waals surface area contributed by atoms with Gasteiger partial charge in [0.1, 0.15) is 0 Å². The highest BCUT2D eigenvalue weighted by Crippen LogP contribution is 2.29. The Morgan fingerprint density at radius 3 is 1.27 bits per heavy atom. The van der Waals surface area contributed by atoms with Crippen molar-refractivity contribution in [2.45, 2.75) is 65.6 Å². The Balaban J connectivity index is 0.000000140. The van der Waals surface area contributed by atoms with E-state index in [1.54, 1.807) is 24.8 Å². The summed E-state index contributed by atoms with van der Waals surface area (Å²) in [6.07, 6.45) is 29.6. The minimum absolute atomic E-state index is 0. The van der Waals surface area contributed by atoms with Gasteiger partial charge >= 0.3 is 5.97 Å². The largest absolute Gasteiger partial charge is 0.475 e. The van der Waals surface area contributed by atoms with Crippen LogP contribution in [0.15, 0.2) is 150 Å². The first-order valence-corrected chi connectivity index (χ1v) is 27.8. The zero-order chi connectivity index (χ0) is 56.6. The van der Waals surface area contributed by atoms with E-state index in [-0.39, 0.29) is 54.8 Å². The zero-order valence-corrected chi connectivity index (χ0v) is 47.8. The number of hydrogen-bond donors (Lipinski definition) is 4. The molecule has 3 fully saturated rings. The van der Waals surface area contributed by atoms with Gasteiger partial charge in [-0.25, -0.2) is 49.7 Å². The maximum atomic E-state index is 12.6. The number of amides is 2. The van der Waals surface area contributed by atoms with Crippen molar-refractivity contribution in [1.82, 2.24) is 68.7 Å². The third-order valence-corrected chi connectivity index (χ3v) is 14.8. The van der Waals surface area contributed by atoms with Crippen LogP contribution in [0.3, 0.4) is 0 Å². The van der Waals surface area contributed by atoms with E-state index in [0.29, 0.717) is 11.0 Å². The lowest BCUT2D eigenvalue weighted by Crippen LogP contribution is -2.38. The number of anilines is 3. The lowest BCUT2D eigenvalue weighted by Gasteiger charge is -2.19. The van der Waals surface area contributed by atoms with Gasteiger partial charge in [-0.1, -0.05) is 37.8 Å². The molecule has 0 radical (unpaired) electrons. The molecule has 12 heterocycles. The Morgan fingerprint density at radius 2 is 0.878 bits per heavy atom. The molecule has 0 unspecified atom stereocenters. The maximum absolute atomic E-state index is 12.6. The van der Waals surface area contributed by atoms with Gasteiger partial charge in [0.05, 0.1) is 25.5 Å². The van der Waals surface area contributed by atoms with Crippen LogP contribution >= 0.6 is 31.9 Å². The summed E-state index contributed by atoms with van der Waals surface area (Å²) < 4.78 is 7.71. The second-order valence-electron chi connectivity index (χ2n) is 19.7. The van der Waals surface area contributed by atoms with Crippen LogP contribution in [0, 0.1) is 20.8 Å². The van der Waals surface area contributed by atoms with Gasteiger partial charge in [0.2, 0.25) is 17.5 Å². The van der Waals surface area contributed by atoms with Crippen molar-refractivity contribution < 1.29 is 19.5 Å². The van der Waals surface area contributed by atoms with Gasteiger partial charge in [0, 0.05) is 156 Å². The first-order valence-electron chi connectivity index (χ1n) is 26.2. The average Bonchev–Trinajstić information content (AvgIpc) is 4.58. The van der Waals surface area contributed by atoms with Crippen molar-refractivity contribution in [3.63, 3.8) is 0 Å². The summed E-state index contributed by atoms with van der Waals surface area (Å²) in [6, 6.07) is 16.6. The number of hydrogen-bond acceptors (Lipinski definition) is 16. The Labute approximate surface area is 490 Å². The molecule has 3 aliphatic heterocycles. The molecular weight excluding hydrogens is 1170 g/mol. The number of aromatic nitrogens is 12. The molecule has 0 bridgehead atoms. The quantitative estimate of drug-likeness (QED) is 0.106. The normalized spacial score (nSPS) is 16.4. The number of carboxylic acid groups (broad SMARTS) is 1. The van der Waals surface area contributed by atoms with Crippen molar-refractivity contribution in [3.8, 4) is 11.1 Å². The van der Waals surface area contributed by atoms with Crippen molar-refractivity contribution in [1.29, 1.82) is 0 Å². The van der Waals surface area contributed by atoms with Crippen LogP contribution in [0.1, 0.15) is 75.2 Å². The van der Waals surface area contributed by atoms with Crippen LogP contribution in [0.2, 0.25) is 0 Å². The lowest BCUT2D eigenvalue weighted by molar-refractivity contribution is 0.0682. The van der Waals surface area contributed by atoms with Crippen LogP contribution in [0.25, 0.3) is 27.7 Å². The number of aromatic carboxylic acids is 1. The molecule has 3 aliphatic rings. The molecule has 2 amide bonds. The van der Waals surface area contributed by atoms with Crippen LogP contribution in [-0.4, -0.2) is 138 Å². The molecule has 13 rings (SSSR count). The van der Waals surface area contributed by atoms with Gasteiger partial charge in [0.15, 0.2) is 17.5 Å². The molecule has 22 nitrogen and oxygen atoms in total. The first-order chi connectivity index (χ1) is 39.3. The van der Waals surface area contributed by atoms with Gasteiger partial charge in [0.25, 0.3) is 11.8 Å². The predicted octanol–water partition coefficient (Wildman–Crippen LogP) is 8.07. The van der Waals surface area contributed by atoms with Gasteiger partial charge in [-0.05, 0) is 112 Å². The molecule has 422 valence electrons. The Kier molecular flexibility index (Phi) is 18.5. The van der Waals surface area contributed by atoms with Gasteiger partial charge in [-0.3, -0.25) is 9.59 Å². The van der Waals surface area contributed by atoms with Gasteiger partial charge < -0.3 is 49.4 Å². The zero-order valence-electron chi connectivity index (χ0n) is 44.6. The fraction of sp³-hybridized carbons (Fsp3) is 0.276. The molecule has 9 aromatic heterocycles. The smallest absolute Gasteiger partial charge is 0.373 e. The Morgan fingerprint density at radius 1 is 0.500 bits per heavy atom. The molecule has 0 spiro atoms. The predicted molar refractivity (Wildman–Crippen MR) is 321 cm³/mol. The third kappa shape index (κ3) is 13.5. The molecule has 5 N–H and O–H groups in total. The SMILES string of the molecule is C.Cc1ccn2ccnc(N3CC[C@H](N)C3)c12.Cc1ccn2ccnc(N3CC[C@H](NC(=O)c4ncc(-c5ccccc5)cn4)C3)c12.Cc1ccn2ccnc(N3CC[C@H](NC(=O)c4ncc(Br)cn4)C3)c12.O=C(O)c1ncc(Br)cn1. The van der Waals surface area contributed by atoms with E-state index in [0.717, 1.165) is 96.1 Å². The van der Waals surface area contributed by atoms with E-state index in [2.05, 4.69) is 160 Å². The molecule has 82 heavy (non-hydrogen) atoms. The molecule has 24 heteroatoms. The summed E-state index contributed by atoms with van der Waals surface area (Å²) in [6.45, 7) is 11.4. The van der Waals surface area contributed by atoms with E-state index >= 15 is 0 Å². The number of benzene rings is 1. The highest BCUT2D eigenvalue weighted by Gasteiger charge is 2.29. The van der Waals surface area contributed by atoms with Crippen molar-refractivity contribution in [2.75, 3.05) is 54.0 Å². The standard InChI is InChI=1S/C23H22N6O.C17H17BrN6O.C12H16N4.C5H3BrN2O2.CH4/c1-16-7-10-28-12-9-24-22(20(16)28)29-11-8-19(15-29)27-23(30)21-25-13-18(14-26-21)17-5-3-2-4-6-17;1-11-2-5-23-7-4-19-16(14(11)23)24-6-3-13(10-24)22-17(25)15-20-8-12(18)9-21-15;1-9-2-5-15-7-4-14-12(11(9)15)16-6-3-10(13)8-16;6-3-1-7-4(5(9)10)8-2-3;/h2-7,9-10,12-14,19H,8,11,15H2,1H3,(H,27,30);2,4-5,7-9,13H,3,6,10H2,1H3,(H,22,25);2,4-5,7,10H,3,6,8,13H2,1H3;1-2H,(H,9,10);1H4/t19-;13-;10-;;/m000../s1. The Bertz CT molecular complexity index is 3800. The molecule has 3 saturated heterocycles. The fourth-order valence-corrected chi connectivity index (χ4v) is 10.4. The number of nitrogens with two attached hydrogens (primary N) is 1. The van der Waals surface area contributed by atoms with Crippen LogP contribution in [-0.2, 0) is 0 Å². The summed E-state index contributed by atoms with van der Waals surface area (Å²) in [5, 5.41) is 14.4. The number of nitrogens with zero attached hydrogens (tertiary/aromatic N) is 15. The minimum atomic E-state index is -1.12. The summed E-state index contributed by atoms with van der Waals surface area (Å²) in [5.74, 6) is 1.56. The Hall–Kier alpha value is -8.74. The van der Waals surface area contributed by atoms with E-state index in [9.17, 15) is 14.4 Å². The number of carbonyl (C=O) groups is 3. The van der Waals surface area contributed by atoms with E-state index in [1.807, 2.05) is 79.9 Å². The lowest BCUT2D eigenvalue weighted by atomic mass is 10.1. The minimum Gasteiger partial charge on any atom is -0.475 e. The third-order valence-electron chi connectivity index (χ3n) is 14.0. The summed E-state index contributed by atoms with van der Waals surface area (Å²) >= 11 is 6.34. The number of carbonyl (C=O) groups excluding carboxylic acids is 2. The molecule has 0 aliphatic carbocycles. The van der Waals surface area contributed by atoms with Crippen LogP contribution in [0.5, 0.6) is 0 Å². The topological polar surface area (TPSA) is 260 Å². The second kappa shape index (κ2) is 26.2. The summed E-state index contributed by atoms with van der Waals surface area (Å²) in [7, 11) is 0. The first kappa shape index (κ1) is 57.9. The second-order valence-corrected chi connectivity index (χ2v) is 21.6. The summed E-state index contributed by atoms with van der Waals surface area (Å²) in [4.78, 5) is 79.2. The number of carboxylic acids is 1. The van der Waals surface area contributed by atoms with Gasteiger partial charge in [-0.2, -0.15) is 0 Å². The van der Waals surface area contributed by atoms with Crippen molar-refractivity contribution in [2.24, 2.45) is 5.73 Å².